The van der Waals surface area contributed by atoms with Gasteiger partial charge in [0.15, 0.2) is 0 Å². The lowest BCUT2D eigenvalue weighted by atomic mass is 10.0. The highest BCUT2D eigenvalue weighted by Crippen LogP contribution is 2.29. The summed E-state index contributed by atoms with van der Waals surface area (Å²) in [6.07, 6.45) is 5.34. The average molecular weight is 440 g/mol. The molecule has 1 aromatic heterocycles. The van der Waals surface area contributed by atoms with Crippen LogP contribution in [0, 0.1) is 0 Å². The molecule has 1 aromatic carbocycles. The van der Waals surface area contributed by atoms with Crippen LogP contribution in [0.1, 0.15) is 31.2 Å². The van der Waals surface area contributed by atoms with Crippen molar-refractivity contribution in [3.05, 3.63) is 52.3 Å². The molecular weight excluding hydrogens is 406 g/mol. The Morgan fingerprint density at radius 3 is 2.62 bits per heavy atom. The first-order valence-electron chi connectivity index (χ1n) is 11.9. The Bertz CT molecular complexity index is 950. The number of aromatic amines is 1. The second-order valence-corrected chi connectivity index (χ2v) is 8.96. The minimum Gasteiger partial charge on any atom is -0.490 e. The van der Waals surface area contributed by atoms with Gasteiger partial charge in [0, 0.05) is 56.3 Å². The van der Waals surface area contributed by atoms with E-state index in [1.165, 1.54) is 5.56 Å². The highest BCUT2D eigenvalue weighted by Gasteiger charge is 2.27. The van der Waals surface area contributed by atoms with E-state index in [2.05, 4.69) is 45.1 Å². The Labute approximate surface area is 189 Å². The average Bonchev–Trinajstić information content (AvgIpc) is 3.28. The monoisotopic (exact) mass is 439 g/mol. The highest BCUT2D eigenvalue weighted by atomic mass is 16.5. The quantitative estimate of drug-likeness (QED) is 0.747. The molecule has 5 rings (SSSR count). The molecule has 3 aliphatic heterocycles. The van der Waals surface area contributed by atoms with Gasteiger partial charge in [0.05, 0.1) is 26.4 Å². The number of nitrogens with zero attached hydrogens (tertiary/aromatic N) is 2. The Balaban J connectivity index is 1.29. The number of benzene rings is 1. The van der Waals surface area contributed by atoms with Gasteiger partial charge in [-0.05, 0) is 37.0 Å². The summed E-state index contributed by atoms with van der Waals surface area (Å²) in [6.45, 7) is 5.59. The topological polar surface area (TPSA) is 67.0 Å². The number of morpholine rings is 1. The molecule has 1 atom stereocenters. The largest absolute Gasteiger partial charge is 0.490 e. The molecule has 0 radical (unpaired) electrons. The zero-order valence-electron chi connectivity index (χ0n) is 18.6. The number of nitrogens with one attached hydrogen (secondary N) is 1. The van der Waals surface area contributed by atoms with E-state index in [1.54, 1.807) is 6.07 Å². The van der Waals surface area contributed by atoms with Crippen LogP contribution in [0.15, 0.2) is 41.2 Å². The normalized spacial score (nSPS) is 22.3. The molecule has 3 saturated heterocycles. The van der Waals surface area contributed by atoms with Crippen molar-refractivity contribution in [1.82, 2.24) is 4.98 Å². The molecule has 0 amide bonds. The van der Waals surface area contributed by atoms with Crippen LogP contribution in [-0.2, 0) is 15.9 Å². The van der Waals surface area contributed by atoms with Gasteiger partial charge in [-0.25, -0.2) is 0 Å². The number of rotatable bonds is 6. The Hall–Kier alpha value is -2.51. The van der Waals surface area contributed by atoms with Gasteiger partial charge in [-0.15, -0.1) is 0 Å². The first kappa shape index (κ1) is 21.3. The van der Waals surface area contributed by atoms with Gasteiger partial charge in [0.25, 0.3) is 5.56 Å². The lowest BCUT2D eigenvalue weighted by molar-refractivity contribution is 0.0255. The van der Waals surface area contributed by atoms with Crippen LogP contribution in [-0.4, -0.2) is 63.2 Å². The number of H-pyrrole nitrogens is 1. The van der Waals surface area contributed by atoms with Crippen LogP contribution >= 0.6 is 0 Å². The molecule has 0 saturated carbocycles. The fraction of sp³-hybridized carbons (Fsp3) is 0.560. The van der Waals surface area contributed by atoms with E-state index in [1.807, 2.05) is 0 Å². The van der Waals surface area contributed by atoms with Crippen LogP contribution in [0.5, 0.6) is 5.75 Å². The van der Waals surface area contributed by atoms with Gasteiger partial charge < -0.3 is 29.0 Å². The number of ether oxygens (including phenoxy) is 3. The van der Waals surface area contributed by atoms with E-state index in [9.17, 15) is 4.79 Å². The van der Waals surface area contributed by atoms with Crippen molar-refractivity contribution < 1.29 is 14.2 Å². The van der Waals surface area contributed by atoms with Gasteiger partial charge in [-0.2, -0.15) is 0 Å². The van der Waals surface area contributed by atoms with Gasteiger partial charge >= 0.3 is 0 Å². The molecule has 0 aliphatic carbocycles. The third kappa shape index (κ3) is 5.10. The molecule has 0 bridgehead atoms. The SMILES string of the molecule is O=c1cc(N2CCOCC2)cc(N2CCC[C@@H]2Cc2cccc(OC3CCOCC3)c2)[nH]1. The predicted molar refractivity (Wildman–Crippen MR) is 125 cm³/mol. The molecular formula is C25H33N3O4. The smallest absolute Gasteiger partial charge is 0.251 e. The minimum absolute atomic E-state index is 0.0403. The third-order valence-electron chi connectivity index (χ3n) is 6.72. The van der Waals surface area contributed by atoms with Crippen molar-refractivity contribution in [3.8, 4) is 5.75 Å². The zero-order chi connectivity index (χ0) is 21.8. The van der Waals surface area contributed by atoms with E-state index < -0.39 is 0 Å². The fourth-order valence-corrected chi connectivity index (χ4v) is 5.04. The summed E-state index contributed by atoms with van der Waals surface area (Å²) < 4.78 is 17.1. The molecule has 3 fully saturated rings. The summed E-state index contributed by atoms with van der Waals surface area (Å²) in [6, 6.07) is 12.7. The molecule has 1 N–H and O–H groups in total. The number of hydrogen-bond donors (Lipinski definition) is 1. The minimum atomic E-state index is -0.0403. The summed E-state index contributed by atoms with van der Waals surface area (Å²) in [7, 11) is 0. The van der Waals surface area contributed by atoms with Crippen LogP contribution < -0.4 is 20.1 Å². The molecule has 32 heavy (non-hydrogen) atoms. The van der Waals surface area contributed by atoms with Crippen LogP contribution in [0.2, 0.25) is 0 Å². The zero-order valence-corrected chi connectivity index (χ0v) is 18.6. The molecule has 7 nitrogen and oxygen atoms in total. The maximum absolute atomic E-state index is 12.4. The molecule has 2 aromatic rings. The summed E-state index contributed by atoms with van der Waals surface area (Å²) in [5.41, 5.74) is 2.23. The van der Waals surface area contributed by atoms with Crippen molar-refractivity contribution in [1.29, 1.82) is 0 Å². The second kappa shape index (κ2) is 9.96. The summed E-state index contributed by atoms with van der Waals surface area (Å²) in [4.78, 5) is 20.1. The van der Waals surface area contributed by atoms with Gasteiger partial charge in [-0.1, -0.05) is 12.1 Å². The predicted octanol–water partition coefficient (Wildman–Crippen LogP) is 2.98. The summed E-state index contributed by atoms with van der Waals surface area (Å²) in [5, 5.41) is 0. The van der Waals surface area contributed by atoms with Crippen molar-refractivity contribution in [2.75, 3.05) is 55.9 Å². The molecule has 4 heterocycles. The Morgan fingerprint density at radius 1 is 0.969 bits per heavy atom. The lowest BCUT2D eigenvalue weighted by Crippen LogP contribution is -2.37. The van der Waals surface area contributed by atoms with E-state index in [4.69, 9.17) is 14.2 Å². The van der Waals surface area contributed by atoms with Gasteiger partial charge in [0.1, 0.15) is 17.7 Å². The fourth-order valence-electron chi connectivity index (χ4n) is 5.04. The van der Waals surface area contributed by atoms with Crippen LogP contribution in [0.4, 0.5) is 11.5 Å². The van der Waals surface area contributed by atoms with Crippen molar-refractivity contribution in [2.24, 2.45) is 0 Å². The molecule has 3 aliphatic rings. The van der Waals surface area contributed by atoms with Crippen molar-refractivity contribution in [2.45, 2.75) is 44.2 Å². The molecule has 0 unspecified atom stereocenters. The van der Waals surface area contributed by atoms with Crippen molar-refractivity contribution in [3.63, 3.8) is 0 Å². The van der Waals surface area contributed by atoms with Gasteiger partial charge in [0.2, 0.25) is 0 Å². The van der Waals surface area contributed by atoms with E-state index >= 15 is 0 Å². The summed E-state index contributed by atoms with van der Waals surface area (Å²) >= 11 is 0. The van der Waals surface area contributed by atoms with Crippen molar-refractivity contribution >= 4 is 11.5 Å². The Kier molecular flexibility index (Phi) is 6.64. The lowest BCUT2D eigenvalue weighted by Gasteiger charge is -2.31. The third-order valence-corrected chi connectivity index (χ3v) is 6.72. The van der Waals surface area contributed by atoms with Gasteiger partial charge in [-0.3, -0.25) is 4.79 Å². The van der Waals surface area contributed by atoms with E-state index in [-0.39, 0.29) is 11.7 Å². The first-order valence-corrected chi connectivity index (χ1v) is 11.9. The highest BCUT2D eigenvalue weighted by molar-refractivity contribution is 5.56. The first-order chi connectivity index (χ1) is 15.7. The Morgan fingerprint density at radius 2 is 1.78 bits per heavy atom. The second-order valence-electron chi connectivity index (χ2n) is 8.96. The summed E-state index contributed by atoms with van der Waals surface area (Å²) in [5.74, 6) is 1.87. The maximum atomic E-state index is 12.4. The van der Waals surface area contributed by atoms with E-state index in [0.29, 0.717) is 19.3 Å². The molecule has 0 spiro atoms. The number of pyridine rings is 1. The maximum Gasteiger partial charge on any atom is 0.251 e. The standard InChI is InChI=1S/C25H33N3O4/c29-25-18-21(27-9-13-31-14-10-27)17-24(26-25)28-8-2-4-20(28)15-19-3-1-5-23(16-19)32-22-6-11-30-12-7-22/h1,3,5,16-18,20,22H,2,4,6-15H2,(H,26,29)/t20-/m1/s1. The van der Waals surface area contributed by atoms with Crippen LogP contribution in [0.25, 0.3) is 0 Å². The number of aromatic nitrogens is 1. The van der Waals surface area contributed by atoms with E-state index in [0.717, 1.165) is 82.2 Å². The number of hydrogen-bond acceptors (Lipinski definition) is 6. The molecule has 172 valence electrons. The van der Waals surface area contributed by atoms with Crippen LogP contribution in [0.3, 0.4) is 0 Å². The number of anilines is 2. The molecule has 7 heteroatoms.